The first kappa shape index (κ1) is 45.5. The number of fused-ring (bicyclic) bond motifs is 1. The summed E-state index contributed by atoms with van der Waals surface area (Å²) in [5.41, 5.74) is 8.74. The van der Waals surface area contributed by atoms with Crippen LogP contribution in [0.1, 0.15) is 42.1 Å². The largest absolute Gasteiger partial charge is 0.481 e. The maximum absolute atomic E-state index is 14.2. The topological polar surface area (TPSA) is 289 Å². The van der Waals surface area contributed by atoms with Gasteiger partial charge in [0.25, 0.3) is 0 Å². The van der Waals surface area contributed by atoms with E-state index in [0.717, 1.165) is 16.5 Å². The molecular formula is C43H49N9O10. The quantitative estimate of drug-likeness (QED) is 0.0454. The van der Waals surface area contributed by atoms with Gasteiger partial charge in [-0.1, -0.05) is 78.9 Å². The number of imidazole rings is 1. The number of aliphatic carboxylic acids is 1. The number of rotatable bonds is 23. The summed E-state index contributed by atoms with van der Waals surface area (Å²) in [7, 11) is 0. The molecule has 0 aliphatic carbocycles. The first-order chi connectivity index (χ1) is 29.9. The van der Waals surface area contributed by atoms with E-state index in [2.05, 4.69) is 41.5 Å². The Morgan fingerprint density at radius 1 is 0.694 bits per heavy atom. The second-order valence-electron chi connectivity index (χ2n) is 14.4. The van der Waals surface area contributed by atoms with Gasteiger partial charge in [0.2, 0.25) is 29.5 Å². The van der Waals surface area contributed by atoms with E-state index >= 15 is 0 Å². The molecule has 0 radical (unpaired) electrons. The summed E-state index contributed by atoms with van der Waals surface area (Å²) in [5, 5.41) is 23.1. The number of carboxylic acid groups (broad SMARTS) is 1. The molecule has 1 unspecified atom stereocenters. The second kappa shape index (κ2) is 22.7. The first-order valence-corrected chi connectivity index (χ1v) is 19.7. The Morgan fingerprint density at radius 2 is 1.27 bits per heavy atom. The third-order valence-corrected chi connectivity index (χ3v) is 9.63. The Hall–Kier alpha value is -7.54. The number of nitrogens with zero attached hydrogens (tertiary/aromatic N) is 1. The van der Waals surface area contributed by atoms with Crippen molar-refractivity contribution in [3.05, 3.63) is 126 Å². The van der Waals surface area contributed by atoms with E-state index in [9.17, 15) is 38.7 Å². The van der Waals surface area contributed by atoms with Crippen LogP contribution in [0.25, 0.3) is 10.9 Å². The van der Waals surface area contributed by atoms with Gasteiger partial charge in [0.05, 0.1) is 19.5 Å². The highest BCUT2D eigenvalue weighted by molar-refractivity contribution is 5.97. The number of para-hydroxylation sites is 1. The number of aromatic amines is 2. The fourth-order valence-corrected chi connectivity index (χ4v) is 6.25. The SMILES string of the molecule is C[C@H](NC(=O)[C@@H](Cc1c[nH]c2ccccc12)NC(=O)[C@@H](COCc1ccccc1)NC(=O)C(CCC(=O)O)NC(=O)[C@@H](Cc1cnc[nH]1)NC(=O)OCc1ccccc1)C(N)=O. The molecule has 10 N–H and O–H groups in total. The van der Waals surface area contributed by atoms with E-state index in [4.69, 9.17) is 15.2 Å². The zero-order chi connectivity index (χ0) is 44.4. The minimum Gasteiger partial charge on any atom is -0.481 e. The predicted molar refractivity (Wildman–Crippen MR) is 223 cm³/mol. The number of carbonyl (C=O) groups excluding carboxylic acids is 6. The number of H-pyrrole nitrogens is 2. The van der Waals surface area contributed by atoms with Gasteiger partial charge in [0, 0.05) is 48.3 Å². The van der Waals surface area contributed by atoms with Crippen molar-refractivity contribution in [1.82, 2.24) is 41.5 Å². The van der Waals surface area contributed by atoms with Gasteiger partial charge < -0.3 is 56.9 Å². The minimum absolute atomic E-state index is 0.0242. The molecule has 0 fully saturated rings. The van der Waals surface area contributed by atoms with Crippen LogP contribution in [0, 0.1) is 0 Å². The summed E-state index contributed by atoms with van der Waals surface area (Å²) in [6.07, 6.45) is 2.40. The molecule has 0 saturated carbocycles. The predicted octanol–water partition coefficient (Wildman–Crippen LogP) is 1.50. The van der Waals surface area contributed by atoms with Gasteiger partial charge in [-0.2, -0.15) is 0 Å². The molecule has 19 heteroatoms. The Bertz CT molecular complexity index is 2290. The van der Waals surface area contributed by atoms with Crippen molar-refractivity contribution in [1.29, 1.82) is 0 Å². The zero-order valence-corrected chi connectivity index (χ0v) is 33.8. The number of alkyl carbamates (subject to hydrolysis) is 1. The van der Waals surface area contributed by atoms with Crippen LogP contribution >= 0.6 is 0 Å². The maximum atomic E-state index is 14.2. The normalized spacial score (nSPS) is 13.4. The molecule has 2 heterocycles. The lowest BCUT2D eigenvalue weighted by molar-refractivity contribution is -0.138. The van der Waals surface area contributed by atoms with Gasteiger partial charge in [0.1, 0.15) is 36.8 Å². The molecular weight excluding hydrogens is 803 g/mol. The number of hydrogen-bond acceptors (Lipinski definition) is 10. The summed E-state index contributed by atoms with van der Waals surface area (Å²) < 4.78 is 11.2. The lowest BCUT2D eigenvalue weighted by Gasteiger charge is -2.26. The molecule has 326 valence electrons. The van der Waals surface area contributed by atoms with Crippen molar-refractivity contribution in [2.75, 3.05) is 6.61 Å². The lowest BCUT2D eigenvalue weighted by atomic mass is 10.0. The highest BCUT2D eigenvalue weighted by atomic mass is 16.5. The van der Waals surface area contributed by atoms with E-state index in [1.54, 1.807) is 60.8 Å². The summed E-state index contributed by atoms with van der Waals surface area (Å²) in [6.45, 7) is 0.886. The molecule has 19 nitrogen and oxygen atoms in total. The van der Waals surface area contributed by atoms with Crippen LogP contribution in [0.4, 0.5) is 4.79 Å². The third-order valence-electron chi connectivity index (χ3n) is 9.63. The Balaban J connectivity index is 1.37. The second-order valence-corrected chi connectivity index (χ2v) is 14.4. The van der Waals surface area contributed by atoms with Crippen molar-refractivity contribution in [3.8, 4) is 0 Å². The number of benzene rings is 3. The molecule has 0 spiro atoms. The number of amides is 6. The highest BCUT2D eigenvalue weighted by Gasteiger charge is 2.33. The van der Waals surface area contributed by atoms with Crippen LogP contribution in [0.5, 0.6) is 0 Å². The fraction of sp³-hybridized carbons (Fsp3) is 0.302. The van der Waals surface area contributed by atoms with Gasteiger partial charge in [-0.3, -0.25) is 28.8 Å². The molecule has 0 aliphatic rings. The average molecular weight is 852 g/mol. The number of carboxylic acids is 1. The first-order valence-electron chi connectivity index (χ1n) is 19.7. The van der Waals surface area contributed by atoms with Gasteiger partial charge in [0.15, 0.2) is 0 Å². The highest BCUT2D eigenvalue weighted by Crippen LogP contribution is 2.19. The van der Waals surface area contributed by atoms with Gasteiger partial charge in [-0.15, -0.1) is 0 Å². The molecule has 62 heavy (non-hydrogen) atoms. The molecule has 0 saturated heterocycles. The Labute approximate surface area is 355 Å². The van der Waals surface area contributed by atoms with Crippen LogP contribution in [0.3, 0.4) is 0 Å². The van der Waals surface area contributed by atoms with E-state index in [1.165, 1.54) is 19.4 Å². The van der Waals surface area contributed by atoms with Gasteiger partial charge in [-0.05, 0) is 36.1 Å². The maximum Gasteiger partial charge on any atom is 0.408 e. The van der Waals surface area contributed by atoms with Crippen molar-refractivity contribution in [2.24, 2.45) is 5.73 Å². The van der Waals surface area contributed by atoms with Crippen LogP contribution in [0.2, 0.25) is 0 Å². The zero-order valence-electron chi connectivity index (χ0n) is 33.8. The van der Waals surface area contributed by atoms with Crippen molar-refractivity contribution in [3.63, 3.8) is 0 Å². The lowest BCUT2D eigenvalue weighted by Crippen LogP contribution is -2.60. The van der Waals surface area contributed by atoms with Gasteiger partial charge >= 0.3 is 12.1 Å². The Morgan fingerprint density at radius 3 is 1.94 bits per heavy atom. The van der Waals surface area contributed by atoms with Crippen LogP contribution < -0.4 is 32.3 Å². The summed E-state index contributed by atoms with van der Waals surface area (Å²) >= 11 is 0. The van der Waals surface area contributed by atoms with Crippen molar-refractivity contribution < 1.29 is 48.1 Å². The monoisotopic (exact) mass is 851 g/mol. The van der Waals surface area contributed by atoms with Crippen molar-refractivity contribution in [2.45, 2.75) is 76.0 Å². The number of nitrogens with two attached hydrogens (primary N) is 1. The standard InChI is InChI=1S/C43H49N9O10/c1-26(38(44)55)48-40(57)34(18-29-20-46-32-15-9-8-14-31(29)32)50-42(59)36(24-61-22-27-10-4-2-5-11-27)51-39(56)33(16-17-37(53)54)49-41(58)35(19-30-21-45-25-47-30)52-43(60)62-23-28-12-6-3-7-13-28/h2-15,20-21,25-26,33-36,46H,16-19,22-24H2,1H3,(H2,44,55)(H,45,47)(H,48,57)(H,49,58)(H,50,59)(H,51,56)(H,52,60)(H,53,54)/t26-,33?,34+,35+,36+/m0/s1. The molecule has 5 rings (SSSR count). The van der Waals surface area contributed by atoms with Crippen LogP contribution in [-0.2, 0) is 64.3 Å². The molecule has 6 amide bonds. The van der Waals surface area contributed by atoms with Gasteiger partial charge in [-0.25, -0.2) is 9.78 Å². The number of nitrogens with one attached hydrogen (secondary N) is 7. The molecule has 5 aromatic rings. The molecule has 0 aliphatic heterocycles. The fourth-order valence-electron chi connectivity index (χ4n) is 6.25. The average Bonchev–Trinajstić information content (AvgIpc) is 3.94. The minimum atomic E-state index is -1.55. The van der Waals surface area contributed by atoms with E-state index in [-0.39, 0.29) is 26.1 Å². The summed E-state index contributed by atoms with van der Waals surface area (Å²) in [4.78, 5) is 102. The third kappa shape index (κ3) is 14.0. The number of carbonyl (C=O) groups is 7. The molecule has 3 aromatic carbocycles. The van der Waals surface area contributed by atoms with Crippen molar-refractivity contribution >= 4 is 52.5 Å². The van der Waals surface area contributed by atoms with Crippen LogP contribution in [0.15, 0.2) is 104 Å². The number of ether oxygens (including phenoxy) is 2. The van der Waals surface area contributed by atoms with E-state index in [0.29, 0.717) is 16.8 Å². The van der Waals surface area contributed by atoms with E-state index in [1.807, 2.05) is 30.3 Å². The smallest absolute Gasteiger partial charge is 0.408 e. The molecule has 5 atom stereocenters. The number of primary amides is 1. The summed E-state index contributed by atoms with van der Waals surface area (Å²) in [6, 6.07) is 18.3. The molecule has 2 aromatic heterocycles. The van der Waals surface area contributed by atoms with Crippen LogP contribution in [-0.4, -0.2) is 98.5 Å². The number of aromatic nitrogens is 3. The number of hydrogen-bond donors (Lipinski definition) is 9. The Kier molecular flexibility index (Phi) is 16.7. The summed E-state index contributed by atoms with van der Waals surface area (Å²) in [5.74, 6) is -5.53. The molecule has 0 bridgehead atoms. The van der Waals surface area contributed by atoms with E-state index < -0.39 is 91.3 Å².